The van der Waals surface area contributed by atoms with Gasteiger partial charge < -0.3 is 4.74 Å². The van der Waals surface area contributed by atoms with Gasteiger partial charge in [0, 0.05) is 18.8 Å². The highest BCUT2D eigenvalue weighted by atomic mass is 16.5. The molecule has 0 spiro atoms. The molecule has 3 heteroatoms. The third-order valence-electron chi connectivity index (χ3n) is 2.79. The van der Waals surface area contributed by atoms with Crippen molar-refractivity contribution >= 4 is 5.97 Å². The van der Waals surface area contributed by atoms with Crippen LogP contribution in [0.15, 0.2) is 48.8 Å². The van der Waals surface area contributed by atoms with Gasteiger partial charge in [0.1, 0.15) is 0 Å². The van der Waals surface area contributed by atoms with Crippen LogP contribution in [0.3, 0.4) is 0 Å². The molecule has 2 aromatic rings. The number of nitrogens with zero attached hydrogens (tertiary/aromatic N) is 1. The Morgan fingerprint density at radius 2 is 1.94 bits per heavy atom. The minimum absolute atomic E-state index is 0.175. The van der Waals surface area contributed by atoms with Crippen LogP contribution in [-0.2, 0) is 16.0 Å². The monoisotopic (exact) mass is 241 g/mol. The highest BCUT2D eigenvalue weighted by molar-refractivity contribution is 5.69. The van der Waals surface area contributed by atoms with Crippen molar-refractivity contribution in [2.24, 2.45) is 0 Å². The molecule has 0 bridgehead atoms. The Balaban J connectivity index is 2.04. The number of hydrogen-bond acceptors (Lipinski definition) is 3. The lowest BCUT2D eigenvalue weighted by molar-refractivity contribution is -0.140. The highest BCUT2D eigenvalue weighted by Gasteiger charge is 2.02. The molecule has 2 rings (SSSR count). The zero-order valence-corrected chi connectivity index (χ0v) is 10.3. The summed E-state index contributed by atoms with van der Waals surface area (Å²) in [4.78, 5) is 15.1. The molecule has 18 heavy (non-hydrogen) atoms. The van der Waals surface area contributed by atoms with Gasteiger partial charge in [-0.2, -0.15) is 0 Å². The standard InChI is InChI=1S/C15H15NO2/c1-18-15(17)9-6-12-4-7-13(8-5-12)14-3-2-10-16-11-14/h2-5,7-8,10-11H,6,9H2,1H3. The second-order valence-corrected chi connectivity index (χ2v) is 4.01. The lowest BCUT2D eigenvalue weighted by atomic mass is 10.0. The van der Waals surface area contributed by atoms with Crippen LogP contribution in [0.2, 0.25) is 0 Å². The average molecular weight is 241 g/mol. The Morgan fingerprint density at radius 1 is 1.17 bits per heavy atom. The van der Waals surface area contributed by atoms with E-state index in [2.05, 4.69) is 9.72 Å². The molecule has 0 aliphatic rings. The van der Waals surface area contributed by atoms with E-state index in [0.29, 0.717) is 12.8 Å². The van der Waals surface area contributed by atoms with Crippen LogP contribution in [0.25, 0.3) is 11.1 Å². The number of rotatable bonds is 4. The molecule has 0 aliphatic heterocycles. The number of benzene rings is 1. The van der Waals surface area contributed by atoms with Gasteiger partial charge in [-0.1, -0.05) is 30.3 Å². The summed E-state index contributed by atoms with van der Waals surface area (Å²) in [6.07, 6.45) is 4.72. The van der Waals surface area contributed by atoms with Crippen molar-refractivity contribution in [1.29, 1.82) is 0 Å². The van der Waals surface area contributed by atoms with Crippen molar-refractivity contribution in [3.05, 3.63) is 54.4 Å². The summed E-state index contributed by atoms with van der Waals surface area (Å²) < 4.78 is 4.62. The van der Waals surface area contributed by atoms with E-state index in [1.54, 1.807) is 6.20 Å². The van der Waals surface area contributed by atoms with E-state index in [9.17, 15) is 4.79 Å². The first-order valence-corrected chi connectivity index (χ1v) is 5.86. The summed E-state index contributed by atoms with van der Waals surface area (Å²) in [5.41, 5.74) is 3.36. The van der Waals surface area contributed by atoms with E-state index >= 15 is 0 Å². The number of ether oxygens (including phenoxy) is 1. The maximum absolute atomic E-state index is 11.0. The highest BCUT2D eigenvalue weighted by Crippen LogP contribution is 2.18. The number of aromatic nitrogens is 1. The fraction of sp³-hybridized carbons (Fsp3) is 0.200. The van der Waals surface area contributed by atoms with Crippen molar-refractivity contribution < 1.29 is 9.53 Å². The zero-order chi connectivity index (χ0) is 12.8. The van der Waals surface area contributed by atoms with Crippen LogP contribution in [-0.4, -0.2) is 18.1 Å². The number of esters is 1. The van der Waals surface area contributed by atoms with E-state index < -0.39 is 0 Å². The molecular formula is C15H15NO2. The van der Waals surface area contributed by atoms with E-state index in [1.807, 2.05) is 42.6 Å². The Hall–Kier alpha value is -2.16. The van der Waals surface area contributed by atoms with Gasteiger partial charge in [-0.05, 0) is 29.2 Å². The fourth-order valence-electron chi connectivity index (χ4n) is 1.75. The molecule has 0 atom stereocenters. The van der Waals surface area contributed by atoms with Gasteiger partial charge >= 0.3 is 5.97 Å². The lowest BCUT2D eigenvalue weighted by Crippen LogP contribution is -2.01. The SMILES string of the molecule is COC(=O)CCc1ccc(-c2cccnc2)cc1. The number of carbonyl (C=O) groups excluding carboxylic acids is 1. The minimum Gasteiger partial charge on any atom is -0.469 e. The van der Waals surface area contributed by atoms with E-state index in [4.69, 9.17) is 0 Å². The normalized spacial score (nSPS) is 10.1. The van der Waals surface area contributed by atoms with Crippen LogP contribution >= 0.6 is 0 Å². The minimum atomic E-state index is -0.175. The van der Waals surface area contributed by atoms with E-state index in [1.165, 1.54) is 7.11 Å². The molecule has 0 fully saturated rings. The smallest absolute Gasteiger partial charge is 0.305 e. The molecule has 0 saturated carbocycles. The summed E-state index contributed by atoms with van der Waals surface area (Å²) >= 11 is 0. The number of hydrogen-bond donors (Lipinski definition) is 0. The molecular weight excluding hydrogens is 226 g/mol. The fourth-order valence-corrected chi connectivity index (χ4v) is 1.75. The molecule has 0 saturated heterocycles. The second-order valence-electron chi connectivity index (χ2n) is 4.01. The summed E-state index contributed by atoms with van der Waals surface area (Å²) in [6, 6.07) is 12.1. The van der Waals surface area contributed by atoms with Crippen LogP contribution in [0.4, 0.5) is 0 Å². The maximum Gasteiger partial charge on any atom is 0.305 e. The van der Waals surface area contributed by atoms with Crippen LogP contribution in [0, 0.1) is 0 Å². The maximum atomic E-state index is 11.0. The summed E-state index contributed by atoms with van der Waals surface area (Å²) in [5, 5.41) is 0. The van der Waals surface area contributed by atoms with Crippen molar-refractivity contribution in [2.75, 3.05) is 7.11 Å². The zero-order valence-electron chi connectivity index (χ0n) is 10.3. The second kappa shape index (κ2) is 5.96. The number of carbonyl (C=O) groups is 1. The molecule has 1 aromatic heterocycles. The van der Waals surface area contributed by atoms with E-state index in [-0.39, 0.29) is 5.97 Å². The molecule has 1 aromatic carbocycles. The Bertz CT molecular complexity index is 506. The van der Waals surface area contributed by atoms with Crippen LogP contribution < -0.4 is 0 Å². The summed E-state index contributed by atoms with van der Waals surface area (Å²) in [5.74, 6) is -0.175. The quantitative estimate of drug-likeness (QED) is 0.773. The average Bonchev–Trinajstić information content (AvgIpc) is 2.46. The molecule has 0 N–H and O–H groups in total. The van der Waals surface area contributed by atoms with Gasteiger partial charge in [0.15, 0.2) is 0 Å². The molecule has 0 aliphatic carbocycles. The van der Waals surface area contributed by atoms with Gasteiger partial charge in [-0.15, -0.1) is 0 Å². The number of aryl methyl sites for hydroxylation is 1. The van der Waals surface area contributed by atoms with Crippen molar-refractivity contribution in [3.8, 4) is 11.1 Å². The molecule has 1 heterocycles. The molecule has 0 unspecified atom stereocenters. The van der Waals surface area contributed by atoms with Gasteiger partial charge in [0.2, 0.25) is 0 Å². The van der Waals surface area contributed by atoms with Crippen LogP contribution in [0.5, 0.6) is 0 Å². The molecule has 3 nitrogen and oxygen atoms in total. The first kappa shape index (κ1) is 12.3. The Kier molecular flexibility index (Phi) is 4.07. The van der Waals surface area contributed by atoms with Crippen molar-refractivity contribution in [2.45, 2.75) is 12.8 Å². The largest absolute Gasteiger partial charge is 0.469 e. The van der Waals surface area contributed by atoms with Gasteiger partial charge in [-0.25, -0.2) is 0 Å². The molecule has 92 valence electrons. The Labute approximate surface area is 106 Å². The third-order valence-corrected chi connectivity index (χ3v) is 2.79. The third kappa shape index (κ3) is 3.17. The number of methoxy groups -OCH3 is 1. The number of pyridine rings is 1. The molecule has 0 amide bonds. The van der Waals surface area contributed by atoms with Gasteiger partial charge in [0.05, 0.1) is 7.11 Å². The predicted molar refractivity (Wildman–Crippen MR) is 70.0 cm³/mol. The van der Waals surface area contributed by atoms with Crippen molar-refractivity contribution in [1.82, 2.24) is 4.98 Å². The van der Waals surface area contributed by atoms with Gasteiger partial charge in [-0.3, -0.25) is 9.78 Å². The summed E-state index contributed by atoms with van der Waals surface area (Å²) in [7, 11) is 1.41. The summed E-state index contributed by atoms with van der Waals surface area (Å²) in [6.45, 7) is 0. The first-order chi connectivity index (χ1) is 8.79. The Morgan fingerprint density at radius 3 is 2.56 bits per heavy atom. The molecule has 0 radical (unpaired) electrons. The van der Waals surface area contributed by atoms with Crippen molar-refractivity contribution in [3.63, 3.8) is 0 Å². The van der Waals surface area contributed by atoms with Gasteiger partial charge in [0.25, 0.3) is 0 Å². The van der Waals surface area contributed by atoms with E-state index in [0.717, 1.165) is 16.7 Å². The van der Waals surface area contributed by atoms with Crippen LogP contribution in [0.1, 0.15) is 12.0 Å². The predicted octanol–water partition coefficient (Wildman–Crippen LogP) is 2.85. The topological polar surface area (TPSA) is 39.2 Å². The lowest BCUT2D eigenvalue weighted by Gasteiger charge is -2.03. The first-order valence-electron chi connectivity index (χ1n) is 5.86.